The molecule has 2 N–H and O–H groups in total. The third kappa shape index (κ3) is 4.99. The summed E-state index contributed by atoms with van der Waals surface area (Å²) in [5.74, 6) is -0.914. The second-order valence-corrected chi connectivity index (χ2v) is 8.42. The minimum absolute atomic E-state index is 0.297. The van der Waals surface area contributed by atoms with Crippen LogP contribution in [0.2, 0.25) is 0 Å². The highest BCUT2D eigenvalue weighted by Crippen LogP contribution is 2.36. The molecule has 0 bridgehead atoms. The first kappa shape index (κ1) is 21.2. The van der Waals surface area contributed by atoms with Gasteiger partial charge >= 0.3 is 5.97 Å². The Bertz CT molecular complexity index is 1050. The highest BCUT2D eigenvalue weighted by molar-refractivity contribution is 8.00. The summed E-state index contributed by atoms with van der Waals surface area (Å²) in [5, 5.41) is 17.6. The fourth-order valence-corrected chi connectivity index (χ4v) is 4.74. The second kappa shape index (κ2) is 9.83. The molecular formula is C24H26N4O2S. The molecule has 1 saturated heterocycles. The molecule has 0 atom stereocenters. The summed E-state index contributed by atoms with van der Waals surface area (Å²) >= 11 is 1.46. The molecule has 1 fully saturated rings. The van der Waals surface area contributed by atoms with Crippen LogP contribution in [-0.2, 0) is 6.42 Å². The number of piperidine rings is 1. The Balaban J connectivity index is 1.66. The van der Waals surface area contributed by atoms with E-state index in [9.17, 15) is 9.90 Å². The van der Waals surface area contributed by atoms with Crippen molar-refractivity contribution in [3.8, 4) is 11.3 Å². The molecule has 6 nitrogen and oxygen atoms in total. The summed E-state index contributed by atoms with van der Waals surface area (Å²) in [7, 11) is 0. The molecule has 160 valence electrons. The number of hydrogen-bond donors (Lipinski definition) is 2. The van der Waals surface area contributed by atoms with Gasteiger partial charge in [-0.25, -0.2) is 4.79 Å². The van der Waals surface area contributed by atoms with E-state index >= 15 is 0 Å². The normalized spacial score (nSPS) is 13.8. The number of anilines is 2. The fraction of sp³-hybridized carbons (Fsp3) is 0.292. The first-order valence-electron chi connectivity index (χ1n) is 10.6. The molecule has 7 heteroatoms. The predicted molar refractivity (Wildman–Crippen MR) is 126 cm³/mol. The minimum atomic E-state index is -0.914. The molecule has 0 aliphatic carbocycles. The van der Waals surface area contributed by atoms with Crippen LogP contribution in [0.15, 0.2) is 59.6 Å². The number of aromatic carboxylic acids is 1. The summed E-state index contributed by atoms with van der Waals surface area (Å²) in [6.45, 7) is 4.16. The molecule has 2 aromatic carbocycles. The van der Waals surface area contributed by atoms with E-state index in [1.807, 2.05) is 18.2 Å². The molecule has 2 heterocycles. The number of benzene rings is 2. The average molecular weight is 435 g/mol. The Morgan fingerprint density at radius 2 is 1.97 bits per heavy atom. The van der Waals surface area contributed by atoms with Gasteiger partial charge in [-0.15, -0.1) is 0 Å². The Kier molecular flexibility index (Phi) is 6.72. The van der Waals surface area contributed by atoms with Crippen molar-refractivity contribution in [3.63, 3.8) is 0 Å². The van der Waals surface area contributed by atoms with E-state index in [0.29, 0.717) is 5.56 Å². The number of carboxylic acids is 1. The lowest BCUT2D eigenvalue weighted by atomic mass is 10.1. The van der Waals surface area contributed by atoms with Crippen molar-refractivity contribution in [2.75, 3.05) is 22.7 Å². The average Bonchev–Trinajstić information content (AvgIpc) is 2.83. The van der Waals surface area contributed by atoms with Crippen LogP contribution in [0.1, 0.15) is 42.1 Å². The number of hydrogen-bond acceptors (Lipinski definition) is 6. The van der Waals surface area contributed by atoms with E-state index in [0.717, 1.165) is 52.6 Å². The quantitative estimate of drug-likeness (QED) is 0.474. The third-order valence-corrected chi connectivity index (χ3v) is 6.45. The molecule has 1 aliphatic heterocycles. The van der Waals surface area contributed by atoms with Crippen LogP contribution in [0.25, 0.3) is 11.3 Å². The van der Waals surface area contributed by atoms with Crippen LogP contribution in [0.4, 0.5) is 11.4 Å². The zero-order valence-corrected chi connectivity index (χ0v) is 18.4. The molecule has 31 heavy (non-hydrogen) atoms. The third-order valence-electron chi connectivity index (χ3n) is 5.53. The number of rotatable bonds is 7. The van der Waals surface area contributed by atoms with Crippen LogP contribution in [0.5, 0.6) is 0 Å². The van der Waals surface area contributed by atoms with Gasteiger partial charge in [0, 0.05) is 29.7 Å². The lowest BCUT2D eigenvalue weighted by Crippen LogP contribution is -2.29. The van der Waals surface area contributed by atoms with Gasteiger partial charge in [0.15, 0.2) is 0 Å². The van der Waals surface area contributed by atoms with E-state index in [2.05, 4.69) is 44.9 Å². The topological polar surface area (TPSA) is 78.3 Å². The van der Waals surface area contributed by atoms with Crippen molar-refractivity contribution in [3.05, 3.63) is 65.9 Å². The monoisotopic (exact) mass is 434 g/mol. The number of aryl methyl sites for hydroxylation is 1. The molecule has 0 radical (unpaired) electrons. The molecule has 1 aliphatic rings. The van der Waals surface area contributed by atoms with Gasteiger partial charge in [-0.05, 0) is 79.6 Å². The number of carbonyl (C=O) groups is 1. The Hall–Kier alpha value is -3.06. The van der Waals surface area contributed by atoms with E-state index < -0.39 is 5.97 Å². The van der Waals surface area contributed by atoms with Gasteiger partial charge in [0.25, 0.3) is 0 Å². The first-order chi connectivity index (χ1) is 15.2. The van der Waals surface area contributed by atoms with E-state index in [1.165, 1.54) is 31.2 Å². The summed E-state index contributed by atoms with van der Waals surface area (Å²) < 4.78 is 3.51. The van der Waals surface area contributed by atoms with E-state index in [-0.39, 0.29) is 0 Å². The zero-order valence-electron chi connectivity index (χ0n) is 17.5. The van der Waals surface area contributed by atoms with Gasteiger partial charge in [0.05, 0.1) is 22.6 Å². The number of nitrogens with zero attached hydrogens (tertiary/aromatic N) is 3. The maximum atomic E-state index is 11.4. The van der Waals surface area contributed by atoms with Crippen molar-refractivity contribution >= 4 is 29.3 Å². The SMILES string of the molecule is CCc1ccc(C(=O)O)cc1SNc1cc(-c2cccnn2)ccc1N1CCCCC1. The van der Waals surface area contributed by atoms with Crippen molar-refractivity contribution in [2.45, 2.75) is 37.5 Å². The molecule has 0 saturated carbocycles. The van der Waals surface area contributed by atoms with E-state index in [4.69, 9.17) is 0 Å². The summed E-state index contributed by atoms with van der Waals surface area (Å²) in [6.07, 6.45) is 6.16. The van der Waals surface area contributed by atoms with Gasteiger partial charge < -0.3 is 14.7 Å². The van der Waals surface area contributed by atoms with E-state index in [1.54, 1.807) is 18.3 Å². The highest BCUT2D eigenvalue weighted by Gasteiger charge is 2.17. The Labute approximate surface area is 186 Å². The van der Waals surface area contributed by atoms with Gasteiger partial charge in [0.1, 0.15) is 0 Å². The van der Waals surface area contributed by atoms with Crippen molar-refractivity contribution in [1.82, 2.24) is 10.2 Å². The van der Waals surface area contributed by atoms with Gasteiger partial charge in [0.2, 0.25) is 0 Å². The smallest absolute Gasteiger partial charge is 0.335 e. The number of aromatic nitrogens is 2. The van der Waals surface area contributed by atoms with Crippen molar-refractivity contribution in [2.24, 2.45) is 0 Å². The highest BCUT2D eigenvalue weighted by atomic mass is 32.2. The molecule has 4 rings (SSSR count). The largest absolute Gasteiger partial charge is 0.478 e. The summed E-state index contributed by atoms with van der Waals surface area (Å²) in [4.78, 5) is 14.8. The Morgan fingerprint density at radius 3 is 2.68 bits per heavy atom. The molecular weight excluding hydrogens is 408 g/mol. The van der Waals surface area contributed by atoms with Crippen LogP contribution < -0.4 is 9.62 Å². The minimum Gasteiger partial charge on any atom is -0.478 e. The molecule has 0 amide bonds. The lowest BCUT2D eigenvalue weighted by Gasteiger charge is -2.31. The standard InChI is InChI=1S/C24H26N4O2S/c1-2-17-8-9-19(24(29)30)16-23(17)31-27-21-15-18(20-7-6-12-25-26-20)10-11-22(21)28-13-4-3-5-14-28/h6-12,15-16,27H,2-5,13-14H2,1H3,(H,29,30). The van der Waals surface area contributed by atoms with Crippen molar-refractivity contribution < 1.29 is 9.90 Å². The molecule has 1 aromatic heterocycles. The Morgan fingerprint density at radius 1 is 1.13 bits per heavy atom. The van der Waals surface area contributed by atoms with Crippen LogP contribution in [0, 0.1) is 0 Å². The molecule has 0 unspecified atom stereocenters. The summed E-state index contributed by atoms with van der Waals surface area (Å²) in [5.41, 5.74) is 5.39. The number of carboxylic acid groups (broad SMARTS) is 1. The maximum absolute atomic E-state index is 11.4. The van der Waals surface area contributed by atoms with Crippen LogP contribution in [0.3, 0.4) is 0 Å². The van der Waals surface area contributed by atoms with Gasteiger partial charge in [-0.2, -0.15) is 10.2 Å². The van der Waals surface area contributed by atoms with Gasteiger partial charge in [-0.3, -0.25) is 0 Å². The zero-order chi connectivity index (χ0) is 21.6. The lowest BCUT2D eigenvalue weighted by molar-refractivity contribution is 0.0696. The molecule has 0 spiro atoms. The predicted octanol–water partition coefficient (Wildman–Crippen LogP) is 5.51. The summed E-state index contributed by atoms with van der Waals surface area (Å²) in [6, 6.07) is 15.5. The number of nitrogens with one attached hydrogen (secondary N) is 1. The van der Waals surface area contributed by atoms with Gasteiger partial charge in [-0.1, -0.05) is 19.1 Å². The fourth-order valence-electron chi connectivity index (χ4n) is 3.83. The first-order valence-corrected chi connectivity index (χ1v) is 11.4. The second-order valence-electron chi connectivity index (χ2n) is 7.57. The van der Waals surface area contributed by atoms with Crippen molar-refractivity contribution in [1.29, 1.82) is 0 Å². The van der Waals surface area contributed by atoms with Crippen LogP contribution >= 0.6 is 11.9 Å². The molecule has 3 aromatic rings. The van der Waals surface area contributed by atoms with Crippen LogP contribution in [-0.4, -0.2) is 34.4 Å². The maximum Gasteiger partial charge on any atom is 0.335 e.